The van der Waals surface area contributed by atoms with Gasteiger partial charge >= 0.3 is 0 Å². The molecule has 0 aromatic heterocycles. The standard InChI is InChI=1S/C15H26N2O2/c1-3-4-5-10-19-14-8-6-13(7-9-14)17-11-12(2)15(18)16-17/h4-5,12-14H,3,6-11H2,1-2H3,(H,16,18). The van der Waals surface area contributed by atoms with Gasteiger partial charge in [-0.15, -0.1) is 0 Å². The summed E-state index contributed by atoms with van der Waals surface area (Å²) in [5.41, 5.74) is 2.99. The second-order valence-corrected chi connectivity index (χ2v) is 5.67. The lowest BCUT2D eigenvalue weighted by molar-refractivity contribution is -0.123. The number of hydrogen-bond donors (Lipinski definition) is 1. The van der Waals surface area contributed by atoms with E-state index in [9.17, 15) is 4.79 Å². The molecule has 2 rings (SSSR count). The third-order valence-corrected chi connectivity index (χ3v) is 4.09. The fraction of sp³-hybridized carbons (Fsp3) is 0.800. The molecule has 0 aromatic rings. The zero-order chi connectivity index (χ0) is 13.7. The van der Waals surface area contributed by atoms with Crippen LogP contribution in [-0.2, 0) is 9.53 Å². The van der Waals surface area contributed by atoms with E-state index in [2.05, 4.69) is 29.5 Å². The number of rotatable bonds is 5. The van der Waals surface area contributed by atoms with Gasteiger partial charge in [0.15, 0.2) is 0 Å². The molecule has 1 N–H and O–H groups in total. The normalized spacial score (nSPS) is 32.9. The van der Waals surface area contributed by atoms with E-state index in [1.165, 1.54) is 0 Å². The summed E-state index contributed by atoms with van der Waals surface area (Å²) in [6.45, 7) is 5.71. The lowest BCUT2D eigenvalue weighted by Crippen LogP contribution is -2.44. The predicted molar refractivity (Wildman–Crippen MR) is 75.4 cm³/mol. The molecule has 1 saturated carbocycles. The zero-order valence-electron chi connectivity index (χ0n) is 12.1. The number of nitrogens with one attached hydrogen (secondary N) is 1. The van der Waals surface area contributed by atoms with Gasteiger partial charge in [0, 0.05) is 12.6 Å². The van der Waals surface area contributed by atoms with Crippen LogP contribution in [0.4, 0.5) is 0 Å². The van der Waals surface area contributed by atoms with Crippen LogP contribution in [0.3, 0.4) is 0 Å². The van der Waals surface area contributed by atoms with E-state index in [4.69, 9.17) is 4.74 Å². The van der Waals surface area contributed by atoms with E-state index in [0.717, 1.165) is 45.3 Å². The summed E-state index contributed by atoms with van der Waals surface area (Å²) in [5.74, 6) is 0.302. The van der Waals surface area contributed by atoms with Gasteiger partial charge in [0.2, 0.25) is 5.91 Å². The summed E-state index contributed by atoms with van der Waals surface area (Å²) in [7, 11) is 0. The van der Waals surface area contributed by atoms with Crippen LogP contribution < -0.4 is 5.43 Å². The number of hydrogen-bond acceptors (Lipinski definition) is 3. The first-order valence-electron chi connectivity index (χ1n) is 7.54. The van der Waals surface area contributed by atoms with Crippen molar-refractivity contribution in [1.82, 2.24) is 10.4 Å². The van der Waals surface area contributed by atoms with Crippen LogP contribution >= 0.6 is 0 Å². The SMILES string of the molecule is CCC=CCOC1CCC(N2CC(C)C(=O)N2)CC1. The van der Waals surface area contributed by atoms with Crippen molar-refractivity contribution in [2.45, 2.75) is 58.1 Å². The van der Waals surface area contributed by atoms with Crippen molar-refractivity contribution in [3.8, 4) is 0 Å². The van der Waals surface area contributed by atoms with Gasteiger partial charge in [0.25, 0.3) is 0 Å². The number of carbonyl (C=O) groups excluding carboxylic acids is 1. The highest BCUT2D eigenvalue weighted by Crippen LogP contribution is 2.26. The topological polar surface area (TPSA) is 41.6 Å². The Morgan fingerprint density at radius 1 is 1.32 bits per heavy atom. The van der Waals surface area contributed by atoms with Gasteiger partial charge in [-0.05, 0) is 32.1 Å². The van der Waals surface area contributed by atoms with Crippen LogP contribution in [0.25, 0.3) is 0 Å². The monoisotopic (exact) mass is 266 g/mol. The predicted octanol–water partition coefficient (Wildman–Crippen LogP) is 2.26. The Morgan fingerprint density at radius 3 is 2.63 bits per heavy atom. The highest BCUT2D eigenvalue weighted by Gasteiger charge is 2.33. The van der Waals surface area contributed by atoms with Gasteiger partial charge < -0.3 is 4.74 Å². The Balaban J connectivity index is 1.68. The Labute approximate surface area is 116 Å². The minimum absolute atomic E-state index is 0.133. The molecule has 4 heteroatoms. The molecule has 1 aliphatic heterocycles. The lowest BCUT2D eigenvalue weighted by atomic mass is 9.92. The summed E-state index contributed by atoms with van der Waals surface area (Å²) in [6, 6.07) is 0.500. The third-order valence-electron chi connectivity index (χ3n) is 4.09. The summed E-state index contributed by atoms with van der Waals surface area (Å²) in [6.07, 6.45) is 10.2. The molecule has 0 radical (unpaired) electrons. The van der Waals surface area contributed by atoms with Crippen LogP contribution in [-0.4, -0.2) is 36.2 Å². The van der Waals surface area contributed by atoms with Crippen LogP contribution in [0.15, 0.2) is 12.2 Å². The number of hydrazine groups is 1. The van der Waals surface area contributed by atoms with E-state index < -0.39 is 0 Å². The summed E-state index contributed by atoms with van der Waals surface area (Å²) >= 11 is 0. The second-order valence-electron chi connectivity index (χ2n) is 5.67. The molecule has 0 aromatic carbocycles. The van der Waals surface area contributed by atoms with Crippen LogP contribution in [0.2, 0.25) is 0 Å². The minimum Gasteiger partial charge on any atom is -0.374 e. The molecule has 1 aliphatic carbocycles. The van der Waals surface area contributed by atoms with Crippen molar-refractivity contribution in [1.29, 1.82) is 0 Å². The maximum absolute atomic E-state index is 11.5. The molecule has 0 bridgehead atoms. The van der Waals surface area contributed by atoms with Crippen molar-refractivity contribution >= 4 is 5.91 Å². The van der Waals surface area contributed by atoms with E-state index in [0.29, 0.717) is 12.1 Å². The highest BCUT2D eigenvalue weighted by atomic mass is 16.5. The van der Waals surface area contributed by atoms with Gasteiger partial charge in [0.05, 0.1) is 18.6 Å². The highest BCUT2D eigenvalue weighted by molar-refractivity contribution is 5.79. The Kier molecular flexibility index (Phi) is 5.40. The summed E-state index contributed by atoms with van der Waals surface area (Å²) in [4.78, 5) is 11.5. The molecule has 0 spiro atoms. The van der Waals surface area contributed by atoms with E-state index in [-0.39, 0.29) is 11.8 Å². The van der Waals surface area contributed by atoms with Crippen molar-refractivity contribution in [2.75, 3.05) is 13.2 Å². The average Bonchev–Trinajstić information content (AvgIpc) is 2.76. The largest absolute Gasteiger partial charge is 0.374 e. The fourth-order valence-electron chi connectivity index (χ4n) is 2.87. The number of carbonyl (C=O) groups is 1. The number of ether oxygens (including phenoxy) is 1. The van der Waals surface area contributed by atoms with Gasteiger partial charge in [0.1, 0.15) is 0 Å². The van der Waals surface area contributed by atoms with Gasteiger partial charge in [-0.1, -0.05) is 26.0 Å². The van der Waals surface area contributed by atoms with Crippen LogP contribution in [0.5, 0.6) is 0 Å². The molecule has 1 amide bonds. The van der Waals surface area contributed by atoms with Crippen LogP contribution in [0, 0.1) is 5.92 Å². The molecule has 1 atom stereocenters. The lowest BCUT2D eigenvalue weighted by Gasteiger charge is -2.33. The zero-order valence-corrected chi connectivity index (χ0v) is 12.1. The second kappa shape index (κ2) is 7.06. The molecular formula is C15H26N2O2. The Morgan fingerprint density at radius 2 is 2.05 bits per heavy atom. The van der Waals surface area contributed by atoms with Crippen molar-refractivity contribution in [3.63, 3.8) is 0 Å². The van der Waals surface area contributed by atoms with E-state index >= 15 is 0 Å². The molecule has 19 heavy (non-hydrogen) atoms. The van der Waals surface area contributed by atoms with Crippen molar-refractivity contribution < 1.29 is 9.53 Å². The maximum atomic E-state index is 11.5. The van der Waals surface area contributed by atoms with Crippen molar-refractivity contribution in [2.24, 2.45) is 5.92 Å². The third kappa shape index (κ3) is 4.05. The maximum Gasteiger partial charge on any atom is 0.238 e. The van der Waals surface area contributed by atoms with Gasteiger partial charge in [-0.3, -0.25) is 10.2 Å². The fourth-order valence-corrected chi connectivity index (χ4v) is 2.87. The first-order valence-corrected chi connectivity index (χ1v) is 7.54. The minimum atomic E-state index is 0.133. The van der Waals surface area contributed by atoms with Crippen molar-refractivity contribution in [3.05, 3.63) is 12.2 Å². The molecular weight excluding hydrogens is 240 g/mol. The molecule has 1 saturated heterocycles. The summed E-state index contributed by atoms with van der Waals surface area (Å²) in [5, 5.41) is 2.14. The van der Waals surface area contributed by atoms with Crippen LogP contribution in [0.1, 0.15) is 46.0 Å². The Bertz CT molecular complexity index is 322. The first kappa shape index (κ1) is 14.5. The molecule has 4 nitrogen and oxygen atoms in total. The molecule has 1 heterocycles. The molecule has 2 fully saturated rings. The van der Waals surface area contributed by atoms with Gasteiger partial charge in [-0.25, -0.2) is 5.01 Å². The summed E-state index contributed by atoms with van der Waals surface area (Å²) < 4.78 is 5.85. The number of amides is 1. The smallest absolute Gasteiger partial charge is 0.238 e. The number of allylic oxidation sites excluding steroid dienone is 1. The molecule has 1 unspecified atom stereocenters. The van der Waals surface area contributed by atoms with E-state index in [1.807, 2.05) is 6.92 Å². The molecule has 2 aliphatic rings. The number of nitrogens with zero attached hydrogens (tertiary/aromatic N) is 1. The Hall–Kier alpha value is -0.870. The van der Waals surface area contributed by atoms with Gasteiger partial charge in [-0.2, -0.15) is 0 Å². The first-order chi connectivity index (χ1) is 9.20. The quantitative estimate of drug-likeness (QED) is 0.776. The average molecular weight is 266 g/mol. The molecule has 108 valence electrons. The van der Waals surface area contributed by atoms with E-state index in [1.54, 1.807) is 0 Å².